The predicted molar refractivity (Wildman–Crippen MR) is 113 cm³/mol. The zero-order valence-electron chi connectivity index (χ0n) is 15.5. The average Bonchev–Trinajstić information content (AvgIpc) is 3.14. The lowest BCUT2D eigenvalue weighted by molar-refractivity contribution is 0.102. The van der Waals surface area contributed by atoms with Crippen LogP contribution in [0, 0.1) is 5.82 Å². The van der Waals surface area contributed by atoms with Crippen LogP contribution in [0.3, 0.4) is 0 Å². The minimum absolute atomic E-state index is 0.0957. The van der Waals surface area contributed by atoms with Crippen LogP contribution < -0.4 is 5.32 Å². The van der Waals surface area contributed by atoms with E-state index in [9.17, 15) is 17.6 Å². The van der Waals surface area contributed by atoms with Crippen LogP contribution in [-0.4, -0.2) is 40.2 Å². The maximum absolute atomic E-state index is 13.7. The molecule has 2 aromatic heterocycles. The van der Waals surface area contributed by atoms with E-state index >= 15 is 0 Å². The van der Waals surface area contributed by atoms with E-state index in [0.29, 0.717) is 22.1 Å². The third-order valence-electron chi connectivity index (χ3n) is 3.62. The summed E-state index contributed by atoms with van der Waals surface area (Å²) in [7, 11) is -3.71. The van der Waals surface area contributed by atoms with Crippen molar-refractivity contribution in [2.75, 3.05) is 11.1 Å². The number of rotatable bonds is 8. The maximum atomic E-state index is 13.7. The molecule has 8 nitrogen and oxygen atoms in total. The van der Waals surface area contributed by atoms with Crippen molar-refractivity contribution >= 4 is 55.6 Å². The van der Waals surface area contributed by atoms with Gasteiger partial charge in [0.05, 0.1) is 17.0 Å². The standard InChI is InChI=1S/C17H15ClFN5O3S3/c1-2-7-30(26,27)16-20-8-11(18)13(21-16)14(25)22-15-23-24-17(29-15)28-9-10-5-3-4-6-12(10)19/h3-6,8H,2,7,9H2,1H3,(H,22,23,25). The third-order valence-corrected chi connectivity index (χ3v) is 7.62. The highest BCUT2D eigenvalue weighted by atomic mass is 35.5. The Morgan fingerprint density at radius 3 is 2.80 bits per heavy atom. The number of halogens is 2. The number of hydrogen-bond acceptors (Lipinski definition) is 9. The summed E-state index contributed by atoms with van der Waals surface area (Å²) in [5.74, 6) is -0.840. The van der Waals surface area contributed by atoms with Crippen molar-refractivity contribution in [3.63, 3.8) is 0 Å². The average molecular weight is 488 g/mol. The molecular weight excluding hydrogens is 473 g/mol. The molecular formula is C17H15ClFN5O3S3. The van der Waals surface area contributed by atoms with Gasteiger partial charge in [0, 0.05) is 5.75 Å². The molecule has 13 heteroatoms. The lowest BCUT2D eigenvalue weighted by Gasteiger charge is -2.06. The third kappa shape index (κ3) is 5.50. The molecule has 0 unspecified atom stereocenters. The van der Waals surface area contributed by atoms with Crippen LogP contribution in [0.1, 0.15) is 29.4 Å². The Morgan fingerprint density at radius 2 is 2.07 bits per heavy atom. The van der Waals surface area contributed by atoms with E-state index in [0.717, 1.165) is 17.5 Å². The van der Waals surface area contributed by atoms with E-state index in [4.69, 9.17) is 11.6 Å². The number of thioether (sulfide) groups is 1. The first-order chi connectivity index (χ1) is 14.3. The molecule has 0 aliphatic rings. The van der Waals surface area contributed by atoms with Crippen LogP contribution in [-0.2, 0) is 15.6 Å². The Hall–Kier alpha value is -2.15. The number of hydrogen-bond donors (Lipinski definition) is 1. The topological polar surface area (TPSA) is 115 Å². The lowest BCUT2D eigenvalue weighted by Crippen LogP contribution is -2.18. The number of nitrogens with one attached hydrogen (secondary N) is 1. The summed E-state index contributed by atoms with van der Waals surface area (Å²) in [6.45, 7) is 1.71. The van der Waals surface area contributed by atoms with Gasteiger partial charge in [0.25, 0.3) is 5.91 Å². The van der Waals surface area contributed by atoms with Crippen LogP contribution in [0.25, 0.3) is 0 Å². The lowest BCUT2D eigenvalue weighted by atomic mass is 10.2. The predicted octanol–water partition coefficient (Wildman–Crippen LogP) is 3.85. The van der Waals surface area contributed by atoms with Crippen molar-refractivity contribution in [1.29, 1.82) is 0 Å². The zero-order chi connectivity index (χ0) is 21.7. The van der Waals surface area contributed by atoms with Gasteiger partial charge in [0.1, 0.15) is 5.82 Å². The number of benzene rings is 1. The summed E-state index contributed by atoms with van der Waals surface area (Å²) in [6, 6.07) is 6.40. The minimum Gasteiger partial charge on any atom is -0.295 e. The number of amides is 1. The first kappa shape index (κ1) is 22.5. The molecule has 3 rings (SSSR count). The minimum atomic E-state index is -3.71. The summed E-state index contributed by atoms with van der Waals surface area (Å²) < 4.78 is 38.5. The van der Waals surface area contributed by atoms with Crippen LogP contribution in [0.2, 0.25) is 5.02 Å². The molecule has 0 aliphatic carbocycles. The van der Waals surface area contributed by atoms with Crippen molar-refractivity contribution in [3.8, 4) is 0 Å². The summed E-state index contributed by atoms with van der Waals surface area (Å²) in [5.41, 5.74) is 0.244. The number of aromatic nitrogens is 4. The number of carbonyl (C=O) groups excluding carboxylic acids is 1. The number of carbonyl (C=O) groups is 1. The molecule has 2 heterocycles. The Bertz CT molecular complexity index is 1170. The summed E-state index contributed by atoms with van der Waals surface area (Å²) >= 11 is 8.32. The summed E-state index contributed by atoms with van der Waals surface area (Å²) in [6.07, 6.45) is 1.45. The highest BCUT2D eigenvalue weighted by molar-refractivity contribution is 8.00. The molecule has 1 N–H and O–H groups in total. The smallest absolute Gasteiger partial charge is 0.277 e. The Kier molecular flexibility index (Phi) is 7.34. The van der Waals surface area contributed by atoms with E-state index in [2.05, 4.69) is 25.5 Å². The monoisotopic (exact) mass is 487 g/mol. The van der Waals surface area contributed by atoms with E-state index < -0.39 is 20.9 Å². The second-order valence-corrected chi connectivity index (χ2v) is 10.5. The molecule has 30 heavy (non-hydrogen) atoms. The first-order valence-electron chi connectivity index (χ1n) is 8.56. The van der Waals surface area contributed by atoms with Gasteiger partial charge in [-0.05, 0) is 18.1 Å². The fraction of sp³-hybridized carbons (Fsp3) is 0.235. The number of anilines is 1. The van der Waals surface area contributed by atoms with Gasteiger partial charge < -0.3 is 0 Å². The molecule has 0 saturated carbocycles. The second-order valence-electron chi connectivity index (χ2n) is 5.88. The van der Waals surface area contributed by atoms with Gasteiger partial charge in [-0.1, -0.05) is 59.8 Å². The van der Waals surface area contributed by atoms with Gasteiger partial charge >= 0.3 is 0 Å². The second kappa shape index (κ2) is 9.77. The Morgan fingerprint density at radius 1 is 1.30 bits per heavy atom. The molecule has 3 aromatic rings. The summed E-state index contributed by atoms with van der Waals surface area (Å²) in [5, 5.41) is 9.91. The molecule has 1 amide bonds. The van der Waals surface area contributed by atoms with E-state index in [1.807, 2.05) is 0 Å². The van der Waals surface area contributed by atoms with E-state index in [1.165, 1.54) is 17.8 Å². The molecule has 0 atom stereocenters. The Balaban J connectivity index is 1.70. The van der Waals surface area contributed by atoms with Crippen LogP contribution in [0.5, 0.6) is 0 Å². The summed E-state index contributed by atoms with van der Waals surface area (Å²) in [4.78, 5) is 20.0. The maximum Gasteiger partial charge on any atom is 0.277 e. The quantitative estimate of drug-likeness (QED) is 0.289. The molecule has 1 aromatic carbocycles. The van der Waals surface area contributed by atoms with Crippen LogP contribution >= 0.6 is 34.7 Å². The van der Waals surface area contributed by atoms with Gasteiger partial charge in [-0.15, -0.1) is 10.2 Å². The molecule has 0 aliphatic heterocycles. The number of sulfone groups is 1. The molecule has 158 valence electrons. The Labute approximate surface area is 185 Å². The molecule has 0 bridgehead atoms. The van der Waals surface area contributed by atoms with Crippen molar-refractivity contribution in [1.82, 2.24) is 20.2 Å². The van der Waals surface area contributed by atoms with Gasteiger partial charge in [0.2, 0.25) is 20.1 Å². The van der Waals surface area contributed by atoms with Crippen LogP contribution in [0.4, 0.5) is 9.52 Å². The highest BCUT2D eigenvalue weighted by Crippen LogP contribution is 2.29. The number of nitrogens with zero attached hydrogens (tertiary/aromatic N) is 4. The van der Waals surface area contributed by atoms with Gasteiger partial charge in [-0.2, -0.15) is 0 Å². The van der Waals surface area contributed by atoms with Crippen molar-refractivity contribution in [2.45, 2.75) is 28.6 Å². The SMILES string of the molecule is CCCS(=O)(=O)c1ncc(Cl)c(C(=O)Nc2nnc(SCc3ccccc3F)s2)n1. The van der Waals surface area contributed by atoms with Crippen molar-refractivity contribution < 1.29 is 17.6 Å². The van der Waals surface area contributed by atoms with Gasteiger partial charge in [0.15, 0.2) is 10.0 Å². The van der Waals surface area contributed by atoms with Gasteiger partial charge in [-0.25, -0.2) is 22.8 Å². The first-order valence-corrected chi connectivity index (χ1v) is 12.4. The normalized spacial score (nSPS) is 11.4. The largest absolute Gasteiger partial charge is 0.295 e. The molecule has 0 spiro atoms. The zero-order valence-corrected chi connectivity index (χ0v) is 18.7. The van der Waals surface area contributed by atoms with Crippen molar-refractivity contribution in [3.05, 3.63) is 52.6 Å². The van der Waals surface area contributed by atoms with Crippen molar-refractivity contribution in [2.24, 2.45) is 0 Å². The highest BCUT2D eigenvalue weighted by Gasteiger charge is 2.22. The van der Waals surface area contributed by atoms with E-state index in [-0.39, 0.29) is 27.4 Å². The van der Waals surface area contributed by atoms with Gasteiger partial charge in [-0.3, -0.25) is 10.1 Å². The molecule has 0 saturated heterocycles. The van der Waals surface area contributed by atoms with Crippen LogP contribution in [0.15, 0.2) is 40.0 Å². The molecule has 0 fully saturated rings. The van der Waals surface area contributed by atoms with E-state index in [1.54, 1.807) is 25.1 Å². The fourth-order valence-electron chi connectivity index (χ4n) is 2.25. The fourth-order valence-corrected chi connectivity index (χ4v) is 5.32. The molecule has 0 radical (unpaired) electrons.